The van der Waals surface area contributed by atoms with Gasteiger partial charge in [0, 0.05) is 7.05 Å². The van der Waals surface area contributed by atoms with Crippen LogP contribution in [0.15, 0.2) is 5.11 Å². The number of urea groups is 1. The van der Waals surface area contributed by atoms with Crippen LogP contribution in [0.1, 0.15) is 0 Å². The highest BCUT2D eigenvalue weighted by molar-refractivity contribution is 5.74. The van der Waals surface area contributed by atoms with Crippen molar-refractivity contribution in [3.8, 4) is 0 Å². The molecule has 0 aromatic carbocycles. The third kappa shape index (κ3) is 0.617. The molecular weight excluding hydrogens is 110 g/mol. The summed E-state index contributed by atoms with van der Waals surface area (Å²) in [5, 5.41) is 13.2. The molecule has 0 unspecified atom stereocenters. The lowest BCUT2D eigenvalue weighted by molar-refractivity contribution is -0.525. The van der Waals surface area contributed by atoms with Gasteiger partial charge in [0.25, 0.3) is 6.67 Å². The normalized spacial score (nSPS) is 19.4. The Bertz CT molecular complexity index is 153. The first-order valence-electron chi connectivity index (χ1n) is 2.11. The SMILES string of the molecule is CN1C[N+]([O-])=NC1=O. The fourth-order valence-electron chi connectivity index (χ4n) is 0.445. The average molecular weight is 115 g/mol. The van der Waals surface area contributed by atoms with E-state index in [1.54, 1.807) is 0 Å². The van der Waals surface area contributed by atoms with E-state index in [0.29, 0.717) is 4.86 Å². The average Bonchev–Trinajstić information content (AvgIpc) is 1.85. The first kappa shape index (κ1) is 5.02. The van der Waals surface area contributed by atoms with Gasteiger partial charge in [0.05, 0.1) is 5.11 Å². The van der Waals surface area contributed by atoms with Crippen molar-refractivity contribution in [2.24, 2.45) is 5.11 Å². The molecular formula is C3H5N3O2. The zero-order chi connectivity index (χ0) is 6.15. The van der Waals surface area contributed by atoms with Crippen molar-refractivity contribution in [3.05, 3.63) is 5.21 Å². The molecule has 0 aromatic rings. The Morgan fingerprint density at radius 3 is 2.75 bits per heavy atom. The number of nitrogens with zero attached hydrogens (tertiary/aromatic N) is 3. The van der Waals surface area contributed by atoms with E-state index >= 15 is 0 Å². The van der Waals surface area contributed by atoms with Gasteiger partial charge in [0.15, 0.2) is 0 Å². The number of hydrogen-bond acceptors (Lipinski definition) is 2. The molecule has 0 saturated carbocycles. The van der Waals surface area contributed by atoms with Crippen LogP contribution in [0, 0.1) is 5.21 Å². The quantitative estimate of drug-likeness (QED) is 0.329. The zero-order valence-electron chi connectivity index (χ0n) is 4.37. The van der Waals surface area contributed by atoms with Crippen LogP contribution >= 0.6 is 0 Å². The van der Waals surface area contributed by atoms with Gasteiger partial charge < -0.3 is 5.21 Å². The largest absolute Gasteiger partial charge is 0.598 e. The van der Waals surface area contributed by atoms with Crippen LogP contribution in [-0.4, -0.2) is 29.5 Å². The second-order valence-electron chi connectivity index (χ2n) is 1.57. The smallest absolute Gasteiger partial charge is 0.409 e. The van der Waals surface area contributed by atoms with E-state index in [1.165, 1.54) is 11.9 Å². The van der Waals surface area contributed by atoms with Gasteiger partial charge in [-0.1, -0.05) is 4.86 Å². The molecule has 0 N–H and O–H groups in total. The number of hydroxylamine groups is 1. The van der Waals surface area contributed by atoms with Crippen LogP contribution in [0.3, 0.4) is 0 Å². The van der Waals surface area contributed by atoms with E-state index in [0.717, 1.165) is 0 Å². The molecule has 0 saturated heterocycles. The van der Waals surface area contributed by atoms with Gasteiger partial charge in [0.2, 0.25) is 0 Å². The Balaban J connectivity index is 2.70. The third-order valence-corrected chi connectivity index (χ3v) is 0.857. The second kappa shape index (κ2) is 1.43. The summed E-state index contributed by atoms with van der Waals surface area (Å²) in [4.78, 5) is 11.9. The lowest BCUT2D eigenvalue weighted by Crippen LogP contribution is -2.20. The summed E-state index contributed by atoms with van der Waals surface area (Å²) in [6, 6.07) is -0.472. The van der Waals surface area contributed by atoms with E-state index in [9.17, 15) is 10.0 Å². The van der Waals surface area contributed by atoms with Crippen molar-refractivity contribution in [3.63, 3.8) is 0 Å². The summed E-state index contributed by atoms with van der Waals surface area (Å²) in [6.45, 7) is 0.0544. The molecule has 5 nitrogen and oxygen atoms in total. The van der Waals surface area contributed by atoms with Crippen molar-refractivity contribution < 1.29 is 9.66 Å². The van der Waals surface area contributed by atoms with Crippen LogP contribution in [0.2, 0.25) is 0 Å². The monoisotopic (exact) mass is 115 g/mol. The number of azo groups is 1. The second-order valence-corrected chi connectivity index (χ2v) is 1.57. The minimum Gasteiger partial charge on any atom is -0.598 e. The molecule has 44 valence electrons. The van der Waals surface area contributed by atoms with Crippen LogP contribution in [0.5, 0.6) is 0 Å². The number of carbonyl (C=O) groups is 1. The molecule has 0 bridgehead atoms. The van der Waals surface area contributed by atoms with E-state index < -0.39 is 6.03 Å². The zero-order valence-corrected chi connectivity index (χ0v) is 4.37. The summed E-state index contributed by atoms with van der Waals surface area (Å²) in [5.74, 6) is 0. The van der Waals surface area contributed by atoms with Crippen molar-refractivity contribution in [1.82, 2.24) is 4.90 Å². The summed E-state index contributed by atoms with van der Waals surface area (Å²) < 4.78 is 0. The number of hydrogen-bond donors (Lipinski definition) is 0. The van der Waals surface area contributed by atoms with Crippen LogP contribution in [0.4, 0.5) is 4.79 Å². The first-order chi connectivity index (χ1) is 3.70. The van der Waals surface area contributed by atoms with Gasteiger partial charge in [-0.25, -0.2) is 4.79 Å². The summed E-state index contributed by atoms with van der Waals surface area (Å²) in [5.41, 5.74) is 0. The maximum Gasteiger partial charge on any atom is 0.409 e. The molecule has 0 spiro atoms. The van der Waals surface area contributed by atoms with Crippen LogP contribution in [-0.2, 0) is 0 Å². The number of carbonyl (C=O) groups excluding carboxylic acids is 1. The highest BCUT2D eigenvalue weighted by Crippen LogP contribution is 1.97. The molecule has 1 rings (SSSR count). The van der Waals surface area contributed by atoms with Crippen molar-refractivity contribution in [2.75, 3.05) is 13.7 Å². The van der Waals surface area contributed by atoms with Crippen molar-refractivity contribution in [2.45, 2.75) is 0 Å². The van der Waals surface area contributed by atoms with Gasteiger partial charge in [-0.05, 0) is 0 Å². The minimum absolute atomic E-state index is 0.0544. The highest BCUT2D eigenvalue weighted by Gasteiger charge is 2.21. The van der Waals surface area contributed by atoms with Gasteiger partial charge in [-0.3, -0.25) is 4.90 Å². The molecule has 0 atom stereocenters. The maximum atomic E-state index is 10.3. The van der Waals surface area contributed by atoms with Gasteiger partial charge in [-0.15, -0.1) is 0 Å². The van der Waals surface area contributed by atoms with E-state index in [2.05, 4.69) is 5.11 Å². The lowest BCUT2D eigenvalue weighted by atomic mass is 10.8. The van der Waals surface area contributed by atoms with Crippen molar-refractivity contribution >= 4 is 6.03 Å². The topological polar surface area (TPSA) is 58.7 Å². The number of rotatable bonds is 0. The van der Waals surface area contributed by atoms with Gasteiger partial charge in [-0.2, -0.15) is 0 Å². The molecule has 0 aromatic heterocycles. The van der Waals surface area contributed by atoms with E-state index in [-0.39, 0.29) is 6.67 Å². The molecule has 0 aliphatic carbocycles. The summed E-state index contributed by atoms with van der Waals surface area (Å²) >= 11 is 0. The molecule has 1 aliphatic rings. The highest BCUT2D eigenvalue weighted by atomic mass is 16.5. The van der Waals surface area contributed by atoms with E-state index in [1.807, 2.05) is 0 Å². The Morgan fingerprint density at radius 1 is 2.00 bits per heavy atom. The molecule has 2 amide bonds. The molecule has 8 heavy (non-hydrogen) atoms. The predicted octanol–water partition coefficient (Wildman–Crippen LogP) is -0.0282. The molecule has 1 aliphatic heterocycles. The van der Waals surface area contributed by atoms with Crippen LogP contribution in [0.25, 0.3) is 0 Å². The molecule has 1 heterocycles. The minimum atomic E-state index is -0.472. The van der Waals surface area contributed by atoms with Crippen LogP contribution < -0.4 is 0 Å². The molecule has 0 radical (unpaired) electrons. The number of amides is 2. The molecule has 0 fully saturated rings. The fraction of sp³-hybridized carbons (Fsp3) is 0.667. The Labute approximate surface area is 45.8 Å². The Morgan fingerprint density at radius 2 is 2.62 bits per heavy atom. The predicted molar refractivity (Wildman–Crippen MR) is 24.1 cm³/mol. The lowest BCUT2D eigenvalue weighted by Gasteiger charge is -1.97. The summed E-state index contributed by atoms with van der Waals surface area (Å²) in [7, 11) is 1.52. The maximum absolute atomic E-state index is 10.3. The Kier molecular flexibility index (Phi) is 0.896. The van der Waals surface area contributed by atoms with E-state index in [4.69, 9.17) is 0 Å². The van der Waals surface area contributed by atoms with Gasteiger partial charge >= 0.3 is 6.03 Å². The summed E-state index contributed by atoms with van der Waals surface area (Å²) in [6.07, 6.45) is 0. The first-order valence-corrected chi connectivity index (χ1v) is 2.11. The standard InChI is InChI=1S/C3H5N3O2/c1-5-2-6(8)4-3(5)7/h2H2,1H3. The fourth-order valence-corrected chi connectivity index (χ4v) is 0.445. The third-order valence-electron chi connectivity index (χ3n) is 0.857. The van der Waals surface area contributed by atoms with Gasteiger partial charge in [0.1, 0.15) is 0 Å². The Hall–Kier alpha value is -1.13. The van der Waals surface area contributed by atoms with Crippen molar-refractivity contribution in [1.29, 1.82) is 0 Å². The molecule has 5 heteroatoms.